The Balaban J connectivity index is 1.36. The van der Waals surface area contributed by atoms with Crippen LogP contribution in [0.1, 0.15) is 46.8 Å². The first kappa shape index (κ1) is 21.5. The van der Waals surface area contributed by atoms with Crippen molar-refractivity contribution in [3.63, 3.8) is 0 Å². The second-order valence-corrected chi connectivity index (χ2v) is 11.9. The molecule has 1 aromatic carbocycles. The fraction of sp³-hybridized carbons (Fsp3) is 0.360. The van der Waals surface area contributed by atoms with Crippen molar-refractivity contribution in [2.24, 2.45) is 5.41 Å². The van der Waals surface area contributed by atoms with Crippen LogP contribution in [0.5, 0.6) is 5.75 Å². The number of aromatic nitrogens is 3. The van der Waals surface area contributed by atoms with Gasteiger partial charge in [0.25, 0.3) is 0 Å². The molecule has 0 radical (unpaired) electrons. The summed E-state index contributed by atoms with van der Waals surface area (Å²) in [5, 5.41) is 1.42. The van der Waals surface area contributed by atoms with E-state index >= 15 is 0 Å². The zero-order valence-electron chi connectivity index (χ0n) is 19.3. The predicted molar refractivity (Wildman–Crippen MR) is 137 cm³/mol. The molecule has 0 spiro atoms. The molecule has 34 heavy (non-hydrogen) atoms. The fourth-order valence-electron chi connectivity index (χ4n) is 4.88. The third-order valence-electron chi connectivity index (χ3n) is 6.41. The third-order valence-corrected chi connectivity index (χ3v) is 8.42. The number of nitrogens with two attached hydrogens (primary N) is 1. The Bertz CT molecular complexity index is 1460. The summed E-state index contributed by atoms with van der Waals surface area (Å²) < 4.78 is 6.18. The first-order valence-corrected chi connectivity index (χ1v) is 13.0. The summed E-state index contributed by atoms with van der Waals surface area (Å²) in [6.07, 6.45) is 3.29. The molecule has 1 aliphatic heterocycles. The lowest BCUT2D eigenvalue weighted by Crippen LogP contribution is -2.26. The van der Waals surface area contributed by atoms with Gasteiger partial charge in [0.15, 0.2) is 16.0 Å². The summed E-state index contributed by atoms with van der Waals surface area (Å²) in [4.78, 5) is 30.5. The largest absolute Gasteiger partial charge is 0.491 e. The number of thiazole rings is 2. The average Bonchev–Trinajstić information content (AvgIpc) is 3.28. The Morgan fingerprint density at radius 1 is 1.12 bits per heavy atom. The van der Waals surface area contributed by atoms with Crippen LogP contribution in [0, 0.1) is 12.3 Å². The number of aryl methyl sites for hydroxylation is 1. The number of carbonyl (C=O) groups is 1. The number of hydrogen-bond acceptors (Lipinski definition) is 9. The maximum absolute atomic E-state index is 12.7. The van der Waals surface area contributed by atoms with Crippen LogP contribution in [0.25, 0.3) is 21.5 Å². The van der Waals surface area contributed by atoms with E-state index in [1.54, 1.807) is 0 Å². The summed E-state index contributed by atoms with van der Waals surface area (Å²) in [5.41, 5.74) is 11.8. The van der Waals surface area contributed by atoms with Gasteiger partial charge >= 0.3 is 0 Å². The molecule has 0 saturated carbocycles. The van der Waals surface area contributed by atoms with Crippen molar-refractivity contribution in [3.8, 4) is 16.9 Å². The van der Waals surface area contributed by atoms with Gasteiger partial charge in [0.1, 0.15) is 22.7 Å². The van der Waals surface area contributed by atoms with Crippen LogP contribution in [-0.4, -0.2) is 33.9 Å². The summed E-state index contributed by atoms with van der Waals surface area (Å²) >= 11 is 2.92. The Labute approximate surface area is 205 Å². The van der Waals surface area contributed by atoms with Crippen LogP contribution in [0.3, 0.4) is 0 Å². The lowest BCUT2D eigenvalue weighted by molar-refractivity contribution is 0.0916. The van der Waals surface area contributed by atoms with Gasteiger partial charge in [0.05, 0.1) is 17.1 Å². The highest BCUT2D eigenvalue weighted by Gasteiger charge is 2.35. The third kappa shape index (κ3) is 3.73. The summed E-state index contributed by atoms with van der Waals surface area (Å²) in [7, 11) is 0. The number of ether oxygens (including phenoxy) is 1. The second-order valence-electron chi connectivity index (χ2n) is 9.86. The number of pyridine rings is 1. The number of Topliss-reactive ketones (excluding diaryl/α,β-unsaturated/α-hetero) is 1. The van der Waals surface area contributed by atoms with Crippen LogP contribution in [0.15, 0.2) is 24.4 Å². The van der Waals surface area contributed by atoms with E-state index in [0.717, 1.165) is 67.0 Å². The van der Waals surface area contributed by atoms with Gasteiger partial charge in [-0.1, -0.05) is 36.5 Å². The predicted octanol–water partition coefficient (Wildman–Crippen LogP) is 5.26. The van der Waals surface area contributed by atoms with E-state index in [9.17, 15) is 4.79 Å². The molecule has 4 heterocycles. The second kappa shape index (κ2) is 7.74. The Hall–Kier alpha value is -3.04. The maximum atomic E-state index is 12.7. The number of fused-ring (bicyclic) bond motifs is 3. The first-order chi connectivity index (χ1) is 16.3. The molecular formula is C25H25N5O2S2. The van der Waals surface area contributed by atoms with Gasteiger partial charge in [-0.15, -0.1) is 0 Å². The van der Waals surface area contributed by atoms with Crippen LogP contribution in [0.4, 0.5) is 10.3 Å². The van der Waals surface area contributed by atoms with Gasteiger partial charge in [0, 0.05) is 30.3 Å². The van der Waals surface area contributed by atoms with Gasteiger partial charge in [-0.3, -0.25) is 4.79 Å². The molecule has 7 nitrogen and oxygen atoms in total. The minimum absolute atomic E-state index is 0.0347. The monoisotopic (exact) mass is 491 g/mol. The van der Waals surface area contributed by atoms with Gasteiger partial charge < -0.3 is 15.4 Å². The Morgan fingerprint density at radius 3 is 2.82 bits per heavy atom. The molecule has 0 unspecified atom stereocenters. The zero-order valence-corrected chi connectivity index (χ0v) is 21.0. The standard InChI is InChI=1S/C25H25N5O2S2/c1-13-6-14(15-8-17-22(27-11-15)34-23(26)28-17)7-16-12-30(4-5-32-20(13)16)24-29-18-9-25(2,3)10-19(31)21(18)33-24/h6-8,11H,4-5,9-10,12H2,1-3H3,(H2,26,28). The number of nitrogens with zero attached hydrogens (tertiary/aromatic N) is 4. The van der Waals surface area contributed by atoms with Crippen molar-refractivity contribution >= 4 is 49.1 Å². The topological polar surface area (TPSA) is 94.2 Å². The van der Waals surface area contributed by atoms with Crippen molar-refractivity contribution in [1.29, 1.82) is 0 Å². The van der Waals surface area contributed by atoms with Gasteiger partial charge in [-0.05, 0) is 48.1 Å². The highest BCUT2D eigenvalue weighted by molar-refractivity contribution is 7.21. The Morgan fingerprint density at radius 2 is 1.97 bits per heavy atom. The lowest BCUT2D eigenvalue weighted by atomic mass is 9.78. The number of nitrogen functional groups attached to an aromatic ring is 1. The molecule has 2 aliphatic rings. The molecule has 0 fully saturated rings. The maximum Gasteiger partial charge on any atom is 0.186 e. The molecule has 0 atom stereocenters. The minimum atomic E-state index is -0.0347. The van der Waals surface area contributed by atoms with Crippen molar-refractivity contribution in [3.05, 3.63) is 46.1 Å². The van der Waals surface area contributed by atoms with E-state index in [0.29, 0.717) is 24.7 Å². The smallest absolute Gasteiger partial charge is 0.186 e. The van der Waals surface area contributed by atoms with E-state index < -0.39 is 0 Å². The van der Waals surface area contributed by atoms with E-state index in [4.69, 9.17) is 15.5 Å². The van der Waals surface area contributed by atoms with Crippen molar-refractivity contribution < 1.29 is 9.53 Å². The summed E-state index contributed by atoms with van der Waals surface area (Å²) in [6, 6.07) is 6.34. The van der Waals surface area contributed by atoms with E-state index in [1.165, 1.54) is 22.7 Å². The molecular weight excluding hydrogens is 466 g/mol. The van der Waals surface area contributed by atoms with Crippen molar-refractivity contribution in [1.82, 2.24) is 15.0 Å². The molecule has 0 amide bonds. The van der Waals surface area contributed by atoms with Gasteiger partial charge in [-0.2, -0.15) is 0 Å². The highest BCUT2D eigenvalue weighted by atomic mass is 32.1. The number of carbonyl (C=O) groups excluding carboxylic acids is 1. The van der Waals surface area contributed by atoms with E-state index in [2.05, 4.69) is 47.8 Å². The van der Waals surface area contributed by atoms with Crippen LogP contribution >= 0.6 is 22.7 Å². The van der Waals surface area contributed by atoms with E-state index in [-0.39, 0.29) is 11.2 Å². The fourth-order valence-corrected chi connectivity index (χ4v) is 6.59. The molecule has 6 rings (SSSR count). The minimum Gasteiger partial charge on any atom is -0.491 e. The van der Waals surface area contributed by atoms with Crippen molar-refractivity contribution in [2.45, 2.75) is 40.2 Å². The number of ketones is 1. The zero-order chi connectivity index (χ0) is 23.6. The van der Waals surface area contributed by atoms with E-state index in [1.807, 2.05) is 12.3 Å². The number of benzene rings is 1. The first-order valence-electron chi connectivity index (χ1n) is 11.3. The number of hydrogen-bond donors (Lipinski definition) is 1. The molecule has 0 saturated heterocycles. The van der Waals surface area contributed by atoms with Gasteiger partial charge in [-0.25, -0.2) is 15.0 Å². The Kier molecular flexibility index (Phi) is 4.90. The summed E-state index contributed by atoms with van der Waals surface area (Å²) in [5.74, 6) is 1.14. The normalized spacial score (nSPS) is 17.3. The number of rotatable bonds is 2. The average molecular weight is 492 g/mol. The molecule has 174 valence electrons. The SMILES string of the molecule is Cc1cc(-c2cnc3sc(N)nc3c2)cc2c1OCCN(c1nc3c(s1)C(=O)CC(C)(C)C3)C2. The molecule has 1 aliphatic carbocycles. The van der Waals surface area contributed by atoms with Crippen LogP contribution < -0.4 is 15.4 Å². The highest BCUT2D eigenvalue weighted by Crippen LogP contribution is 2.41. The van der Waals surface area contributed by atoms with Crippen LogP contribution in [0.2, 0.25) is 0 Å². The summed E-state index contributed by atoms with van der Waals surface area (Å²) in [6.45, 7) is 8.32. The van der Waals surface area contributed by atoms with Crippen molar-refractivity contribution in [2.75, 3.05) is 23.8 Å². The molecule has 3 aromatic heterocycles. The molecule has 2 N–H and O–H groups in total. The number of anilines is 2. The van der Waals surface area contributed by atoms with Crippen LogP contribution in [-0.2, 0) is 13.0 Å². The quantitative estimate of drug-likeness (QED) is 0.409. The molecule has 0 bridgehead atoms. The lowest BCUT2D eigenvalue weighted by Gasteiger charge is -2.26. The molecule has 4 aromatic rings. The van der Waals surface area contributed by atoms with Gasteiger partial charge in [0.2, 0.25) is 0 Å². The molecule has 9 heteroatoms.